The van der Waals surface area contributed by atoms with Gasteiger partial charge in [0.05, 0.1) is 16.4 Å². The van der Waals surface area contributed by atoms with Crippen molar-refractivity contribution >= 4 is 43.5 Å². The highest BCUT2D eigenvalue weighted by Crippen LogP contribution is 2.29. The second-order valence-electron chi connectivity index (χ2n) is 11.5. The summed E-state index contributed by atoms with van der Waals surface area (Å²) in [7, 11) is -2.29. The Hall–Kier alpha value is -0.786. The normalized spacial score (nSPS) is 17.6. The molecular weight excluding hydrogens is 514 g/mol. The molecule has 0 aliphatic carbocycles. The Morgan fingerprint density at radius 2 is 1.73 bits per heavy atom. The monoisotopic (exact) mass is 555 g/mol. The summed E-state index contributed by atoms with van der Waals surface area (Å²) >= 11 is 3.65. The van der Waals surface area contributed by atoms with Gasteiger partial charge < -0.3 is 19.7 Å². The molecule has 0 aromatic carbocycles. The predicted octanol–water partition coefficient (Wildman–Crippen LogP) is 5.39. The average molecular weight is 557 g/mol. The quantitative estimate of drug-likeness (QED) is 0.215. The number of rotatable bonds is 12. The van der Waals surface area contributed by atoms with E-state index < -0.39 is 16.1 Å². The van der Waals surface area contributed by atoms with Crippen molar-refractivity contribution in [3.8, 4) is 0 Å². The van der Waals surface area contributed by atoms with Crippen LogP contribution in [0.4, 0.5) is 5.82 Å². The van der Waals surface area contributed by atoms with Crippen LogP contribution < -0.4 is 10.2 Å². The maximum absolute atomic E-state index is 6.17. The van der Waals surface area contributed by atoms with E-state index in [9.17, 15) is 0 Å². The standard InChI is InChI=1S/C23H42BrN5O2Si2/c1-32(2,3)12-10-30-17-28(18-31-11-13-33(4,5)6)22-14-21(19-8-7-9-25-15-19)27-23-20(24)16-26-29(22)23/h14,16,19,25H,7-13,15,17-18H2,1-6H3. The van der Waals surface area contributed by atoms with Crippen LogP contribution in [0.2, 0.25) is 51.4 Å². The molecule has 1 N–H and O–H groups in total. The molecule has 10 heteroatoms. The molecule has 7 nitrogen and oxygen atoms in total. The number of anilines is 1. The second-order valence-corrected chi connectivity index (χ2v) is 23.6. The molecule has 1 aliphatic rings. The molecule has 1 saturated heterocycles. The zero-order valence-corrected chi connectivity index (χ0v) is 24.9. The molecule has 186 valence electrons. The van der Waals surface area contributed by atoms with Crippen molar-refractivity contribution in [2.75, 3.05) is 44.7 Å². The first-order valence-electron chi connectivity index (χ1n) is 12.2. The zero-order valence-electron chi connectivity index (χ0n) is 21.3. The van der Waals surface area contributed by atoms with Crippen LogP contribution in [0.1, 0.15) is 24.5 Å². The number of hydrogen-bond donors (Lipinski definition) is 1. The van der Waals surface area contributed by atoms with Crippen molar-refractivity contribution in [3.63, 3.8) is 0 Å². The Kier molecular flexibility index (Phi) is 9.56. The largest absolute Gasteiger partial charge is 0.361 e. The molecule has 1 aliphatic heterocycles. The van der Waals surface area contributed by atoms with E-state index in [1.807, 2.05) is 10.7 Å². The lowest BCUT2D eigenvalue weighted by Crippen LogP contribution is -2.34. The molecule has 1 unspecified atom stereocenters. The predicted molar refractivity (Wildman–Crippen MR) is 146 cm³/mol. The van der Waals surface area contributed by atoms with E-state index in [0.717, 1.165) is 66.4 Å². The third-order valence-electron chi connectivity index (χ3n) is 5.96. The number of fused-ring (bicyclic) bond motifs is 1. The summed E-state index contributed by atoms with van der Waals surface area (Å²) in [6, 6.07) is 4.48. The third-order valence-corrected chi connectivity index (χ3v) is 9.92. The van der Waals surface area contributed by atoms with Gasteiger partial charge in [-0.15, -0.1) is 0 Å². The Balaban J connectivity index is 1.83. The van der Waals surface area contributed by atoms with E-state index in [1.165, 1.54) is 6.42 Å². The molecular formula is C23H42BrN5O2Si2. The lowest BCUT2D eigenvalue weighted by atomic mass is 9.96. The van der Waals surface area contributed by atoms with Crippen LogP contribution in [0.25, 0.3) is 5.65 Å². The summed E-state index contributed by atoms with van der Waals surface area (Å²) < 4.78 is 15.2. The Morgan fingerprint density at radius 1 is 1.09 bits per heavy atom. The van der Waals surface area contributed by atoms with Crippen LogP contribution in [0.3, 0.4) is 0 Å². The van der Waals surface area contributed by atoms with Crippen LogP contribution in [-0.2, 0) is 9.47 Å². The van der Waals surface area contributed by atoms with Gasteiger partial charge in [-0.05, 0) is 47.4 Å². The van der Waals surface area contributed by atoms with Crippen molar-refractivity contribution < 1.29 is 9.47 Å². The van der Waals surface area contributed by atoms with Gasteiger partial charge in [0.2, 0.25) is 0 Å². The van der Waals surface area contributed by atoms with Crippen molar-refractivity contribution in [1.29, 1.82) is 0 Å². The highest BCUT2D eigenvalue weighted by Gasteiger charge is 2.23. The summed E-state index contributed by atoms with van der Waals surface area (Å²) in [6.45, 7) is 18.9. The number of piperidine rings is 1. The first kappa shape index (κ1) is 26.8. The van der Waals surface area contributed by atoms with Gasteiger partial charge in [-0.25, -0.2) is 4.98 Å². The molecule has 0 spiro atoms. The maximum atomic E-state index is 6.17. The summed E-state index contributed by atoms with van der Waals surface area (Å²) in [5.41, 5.74) is 1.96. The Labute approximate surface area is 209 Å². The maximum Gasteiger partial charge on any atom is 0.171 e. The van der Waals surface area contributed by atoms with Crippen molar-refractivity contribution in [3.05, 3.63) is 22.4 Å². The van der Waals surface area contributed by atoms with E-state index in [2.05, 4.69) is 76.6 Å². The van der Waals surface area contributed by atoms with Gasteiger partial charge in [-0.3, -0.25) is 0 Å². The fourth-order valence-corrected chi connectivity index (χ4v) is 5.61. The van der Waals surface area contributed by atoms with Crippen molar-refractivity contribution in [2.24, 2.45) is 0 Å². The van der Waals surface area contributed by atoms with Gasteiger partial charge in [0.1, 0.15) is 19.3 Å². The highest BCUT2D eigenvalue weighted by atomic mass is 79.9. The molecule has 1 fully saturated rings. The van der Waals surface area contributed by atoms with Gasteiger partial charge in [-0.1, -0.05) is 39.3 Å². The van der Waals surface area contributed by atoms with E-state index in [4.69, 9.17) is 14.5 Å². The minimum absolute atomic E-state index is 0.409. The SMILES string of the molecule is C[Si](C)(C)CCOCN(COCC[Si](C)(C)C)c1cc(C2CCCNC2)nc2c(Br)cnn12. The van der Waals surface area contributed by atoms with E-state index >= 15 is 0 Å². The van der Waals surface area contributed by atoms with Gasteiger partial charge in [0.25, 0.3) is 0 Å². The van der Waals surface area contributed by atoms with Crippen molar-refractivity contribution in [2.45, 2.75) is 70.1 Å². The fourth-order valence-electron chi connectivity index (χ4n) is 3.75. The lowest BCUT2D eigenvalue weighted by molar-refractivity contribution is 0.0942. The van der Waals surface area contributed by atoms with E-state index in [0.29, 0.717) is 19.4 Å². The van der Waals surface area contributed by atoms with Gasteiger partial charge in [0, 0.05) is 47.9 Å². The summed E-state index contributed by atoms with van der Waals surface area (Å²) in [6.07, 6.45) is 4.16. The van der Waals surface area contributed by atoms with E-state index in [1.54, 1.807) is 0 Å². The van der Waals surface area contributed by atoms with E-state index in [-0.39, 0.29) is 0 Å². The first-order valence-corrected chi connectivity index (χ1v) is 20.4. The molecule has 2 aromatic rings. The minimum atomic E-state index is -1.14. The number of hydrogen-bond acceptors (Lipinski definition) is 6. The molecule has 0 saturated carbocycles. The Bertz CT molecular complexity index is 869. The molecule has 3 heterocycles. The average Bonchev–Trinajstić information content (AvgIpc) is 3.12. The van der Waals surface area contributed by atoms with Crippen LogP contribution >= 0.6 is 15.9 Å². The van der Waals surface area contributed by atoms with Crippen LogP contribution in [0.5, 0.6) is 0 Å². The summed E-state index contributed by atoms with van der Waals surface area (Å²) in [5, 5.41) is 8.13. The van der Waals surface area contributed by atoms with Crippen LogP contribution in [0.15, 0.2) is 16.7 Å². The molecule has 0 amide bonds. The minimum Gasteiger partial charge on any atom is -0.361 e. The molecule has 2 aromatic heterocycles. The smallest absolute Gasteiger partial charge is 0.171 e. The van der Waals surface area contributed by atoms with Crippen LogP contribution in [0, 0.1) is 0 Å². The fraction of sp³-hybridized carbons (Fsp3) is 0.739. The number of ether oxygens (including phenoxy) is 2. The summed E-state index contributed by atoms with van der Waals surface area (Å²) in [5.74, 6) is 1.39. The lowest BCUT2D eigenvalue weighted by Gasteiger charge is -2.28. The number of nitrogens with zero attached hydrogens (tertiary/aromatic N) is 4. The molecule has 3 rings (SSSR count). The Morgan fingerprint density at radius 3 is 2.27 bits per heavy atom. The number of aromatic nitrogens is 3. The van der Waals surface area contributed by atoms with Gasteiger partial charge in [-0.2, -0.15) is 9.61 Å². The first-order chi connectivity index (χ1) is 15.5. The van der Waals surface area contributed by atoms with Crippen LogP contribution in [-0.4, -0.2) is 70.5 Å². The van der Waals surface area contributed by atoms with Gasteiger partial charge >= 0.3 is 0 Å². The zero-order chi connectivity index (χ0) is 24.1. The number of halogens is 1. The van der Waals surface area contributed by atoms with Gasteiger partial charge in [0.15, 0.2) is 5.65 Å². The van der Waals surface area contributed by atoms with Crippen molar-refractivity contribution in [1.82, 2.24) is 19.9 Å². The molecule has 33 heavy (non-hydrogen) atoms. The third kappa shape index (κ3) is 8.43. The molecule has 1 atom stereocenters. The molecule has 0 radical (unpaired) electrons. The topological polar surface area (TPSA) is 63.9 Å². The highest BCUT2D eigenvalue weighted by molar-refractivity contribution is 9.10. The molecule has 0 bridgehead atoms. The second kappa shape index (κ2) is 11.8. The summed E-state index contributed by atoms with van der Waals surface area (Å²) in [4.78, 5) is 7.14. The number of nitrogens with one attached hydrogen (secondary N) is 1.